The predicted molar refractivity (Wildman–Crippen MR) is 112 cm³/mol. The molecule has 0 amide bonds. The van der Waals surface area contributed by atoms with E-state index >= 15 is 0 Å². The van der Waals surface area contributed by atoms with Crippen LogP contribution in [0.3, 0.4) is 0 Å². The van der Waals surface area contributed by atoms with Gasteiger partial charge in [-0.2, -0.15) is 5.10 Å². The standard InChI is InChI=1S/C21H28N6O3/c1-3-28-18-11-16(12-19(29-4-2)20(18)27-15-22-14-24-27)13-26-8-5-17(6-9-26)25-21-23-7-10-30-21/h7,10-12,14-15,17H,3-6,8-9,13H2,1-2H3,(H,23,25). The summed E-state index contributed by atoms with van der Waals surface area (Å²) >= 11 is 0. The van der Waals surface area contributed by atoms with Gasteiger partial charge in [0, 0.05) is 25.7 Å². The van der Waals surface area contributed by atoms with Gasteiger partial charge in [-0.15, -0.1) is 0 Å². The van der Waals surface area contributed by atoms with E-state index in [-0.39, 0.29) is 0 Å². The normalized spacial score (nSPS) is 15.3. The molecule has 0 unspecified atom stereocenters. The molecule has 1 fully saturated rings. The quantitative estimate of drug-likeness (QED) is 0.573. The minimum Gasteiger partial charge on any atom is -0.491 e. The molecule has 1 aliphatic heterocycles. The van der Waals surface area contributed by atoms with Crippen molar-refractivity contribution in [3.63, 3.8) is 0 Å². The Morgan fingerprint density at radius 3 is 2.43 bits per heavy atom. The second-order valence-electron chi connectivity index (χ2n) is 7.18. The summed E-state index contributed by atoms with van der Waals surface area (Å²) in [5.41, 5.74) is 1.94. The molecule has 3 aromatic rings. The second-order valence-corrected chi connectivity index (χ2v) is 7.18. The van der Waals surface area contributed by atoms with E-state index in [1.807, 2.05) is 13.8 Å². The molecular formula is C21H28N6O3. The lowest BCUT2D eigenvalue weighted by atomic mass is 10.0. The third-order valence-corrected chi connectivity index (χ3v) is 5.10. The van der Waals surface area contributed by atoms with Gasteiger partial charge in [-0.05, 0) is 44.4 Å². The molecule has 9 heteroatoms. The number of anilines is 1. The van der Waals surface area contributed by atoms with Gasteiger partial charge in [0.25, 0.3) is 6.01 Å². The smallest absolute Gasteiger partial charge is 0.294 e. The summed E-state index contributed by atoms with van der Waals surface area (Å²) in [6, 6.07) is 5.15. The van der Waals surface area contributed by atoms with E-state index in [1.54, 1.807) is 23.5 Å². The number of piperidine rings is 1. The molecule has 3 heterocycles. The summed E-state index contributed by atoms with van der Waals surface area (Å²) in [4.78, 5) is 10.7. The molecule has 1 saturated heterocycles. The van der Waals surface area contributed by atoms with Gasteiger partial charge in [0.1, 0.15) is 30.4 Å². The fourth-order valence-corrected chi connectivity index (χ4v) is 3.77. The monoisotopic (exact) mass is 412 g/mol. The highest BCUT2D eigenvalue weighted by Gasteiger charge is 2.22. The van der Waals surface area contributed by atoms with Crippen molar-refractivity contribution in [1.82, 2.24) is 24.6 Å². The van der Waals surface area contributed by atoms with Gasteiger partial charge in [-0.25, -0.2) is 14.6 Å². The third-order valence-electron chi connectivity index (χ3n) is 5.10. The Balaban J connectivity index is 1.47. The van der Waals surface area contributed by atoms with Crippen LogP contribution in [0, 0.1) is 0 Å². The summed E-state index contributed by atoms with van der Waals surface area (Å²) in [5, 5.41) is 7.63. The van der Waals surface area contributed by atoms with Crippen LogP contribution in [0.4, 0.5) is 6.01 Å². The summed E-state index contributed by atoms with van der Waals surface area (Å²) in [6.45, 7) is 7.91. The Morgan fingerprint density at radius 1 is 1.13 bits per heavy atom. The molecule has 0 atom stereocenters. The van der Waals surface area contributed by atoms with E-state index in [9.17, 15) is 0 Å². The van der Waals surface area contributed by atoms with Crippen molar-refractivity contribution in [2.24, 2.45) is 0 Å². The lowest BCUT2D eigenvalue weighted by Crippen LogP contribution is -2.38. The zero-order chi connectivity index (χ0) is 20.8. The molecule has 30 heavy (non-hydrogen) atoms. The number of likely N-dealkylation sites (tertiary alicyclic amines) is 1. The second kappa shape index (κ2) is 9.62. The molecule has 0 aliphatic carbocycles. The minimum absolute atomic E-state index is 0.382. The van der Waals surface area contributed by atoms with Crippen LogP contribution in [-0.2, 0) is 6.54 Å². The predicted octanol–water partition coefficient (Wildman–Crippen LogP) is 3.13. The minimum atomic E-state index is 0.382. The first-order valence-corrected chi connectivity index (χ1v) is 10.4. The maximum atomic E-state index is 5.94. The number of hydrogen-bond acceptors (Lipinski definition) is 8. The van der Waals surface area contributed by atoms with Crippen molar-refractivity contribution in [2.45, 2.75) is 39.3 Å². The number of ether oxygens (including phenoxy) is 2. The van der Waals surface area contributed by atoms with Crippen LogP contribution in [0.1, 0.15) is 32.3 Å². The Hall–Kier alpha value is -3.07. The fourth-order valence-electron chi connectivity index (χ4n) is 3.77. The number of oxazole rings is 1. The van der Waals surface area contributed by atoms with Crippen LogP contribution < -0.4 is 14.8 Å². The zero-order valence-electron chi connectivity index (χ0n) is 17.5. The number of nitrogens with zero attached hydrogens (tertiary/aromatic N) is 5. The molecule has 0 bridgehead atoms. The van der Waals surface area contributed by atoms with Crippen LogP contribution >= 0.6 is 0 Å². The molecule has 160 valence electrons. The molecule has 1 aromatic carbocycles. The van der Waals surface area contributed by atoms with Crippen LogP contribution in [0.5, 0.6) is 11.5 Å². The van der Waals surface area contributed by atoms with Crippen molar-refractivity contribution < 1.29 is 13.9 Å². The van der Waals surface area contributed by atoms with E-state index in [4.69, 9.17) is 13.9 Å². The summed E-state index contributed by atoms with van der Waals surface area (Å²) in [7, 11) is 0. The Morgan fingerprint density at radius 2 is 1.87 bits per heavy atom. The molecule has 1 aliphatic rings. The van der Waals surface area contributed by atoms with Crippen LogP contribution in [-0.4, -0.2) is 57.0 Å². The van der Waals surface area contributed by atoms with Gasteiger partial charge >= 0.3 is 0 Å². The highest BCUT2D eigenvalue weighted by molar-refractivity contribution is 5.58. The number of rotatable bonds is 9. The molecule has 0 spiro atoms. The molecule has 0 radical (unpaired) electrons. The van der Waals surface area contributed by atoms with Crippen LogP contribution in [0.15, 0.2) is 41.7 Å². The molecule has 4 rings (SSSR count). The van der Waals surface area contributed by atoms with Crippen LogP contribution in [0.2, 0.25) is 0 Å². The van der Waals surface area contributed by atoms with Gasteiger partial charge in [0.05, 0.1) is 19.4 Å². The highest BCUT2D eigenvalue weighted by Crippen LogP contribution is 2.35. The third kappa shape index (κ3) is 4.73. The SMILES string of the molecule is CCOc1cc(CN2CCC(Nc3ncco3)CC2)cc(OCC)c1-n1cncn1. The van der Waals surface area contributed by atoms with Crippen molar-refractivity contribution in [3.8, 4) is 17.2 Å². The first-order valence-electron chi connectivity index (χ1n) is 10.4. The maximum absolute atomic E-state index is 5.94. The van der Waals surface area contributed by atoms with E-state index in [0.717, 1.165) is 55.2 Å². The Kier molecular flexibility index (Phi) is 6.48. The van der Waals surface area contributed by atoms with Crippen molar-refractivity contribution in [3.05, 3.63) is 42.8 Å². The van der Waals surface area contributed by atoms with Crippen molar-refractivity contribution in [2.75, 3.05) is 31.6 Å². The average Bonchev–Trinajstić information content (AvgIpc) is 3.44. The fraction of sp³-hybridized carbons (Fsp3) is 0.476. The van der Waals surface area contributed by atoms with Gasteiger partial charge in [-0.3, -0.25) is 4.90 Å². The summed E-state index contributed by atoms with van der Waals surface area (Å²) < 4.78 is 18.9. The Bertz CT molecular complexity index is 878. The summed E-state index contributed by atoms with van der Waals surface area (Å²) in [5.74, 6) is 1.51. The average molecular weight is 412 g/mol. The van der Waals surface area contributed by atoms with Crippen molar-refractivity contribution >= 4 is 6.01 Å². The molecule has 9 nitrogen and oxygen atoms in total. The lowest BCUT2D eigenvalue weighted by Gasteiger charge is -2.32. The zero-order valence-corrected chi connectivity index (χ0v) is 17.5. The number of benzene rings is 1. The highest BCUT2D eigenvalue weighted by atomic mass is 16.5. The largest absolute Gasteiger partial charge is 0.491 e. The molecular weight excluding hydrogens is 384 g/mol. The van der Waals surface area contributed by atoms with E-state index in [0.29, 0.717) is 25.3 Å². The van der Waals surface area contributed by atoms with Gasteiger partial charge in [0.2, 0.25) is 0 Å². The number of hydrogen-bond donors (Lipinski definition) is 1. The van der Waals surface area contributed by atoms with E-state index in [2.05, 4.69) is 37.4 Å². The van der Waals surface area contributed by atoms with E-state index in [1.165, 1.54) is 6.33 Å². The molecule has 2 aromatic heterocycles. The first-order chi connectivity index (χ1) is 14.8. The van der Waals surface area contributed by atoms with Gasteiger partial charge in [-0.1, -0.05) is 0 Å². The molecule has 0 saturated carbocycles. The first kappa shape index (κ1) is 20.2. The van der Waals surface area contributed by atoms with E-state index < -0.39 is 0 Å². The Labute approximate surface area is 176 Å². The summed E-state index contributed by atoms with van der Waals surface area (Å²) in [6.07, 6.45) is 8.49. The number of nitrogens with one attached hydrogen (secondary N) is 1. The lowest BCUT2D eigenvalue weighted by molar-refractivity contribution is 0.209. The topological polar surface area (TPSA) is 90.5 Å². The maximum Gasteiger partial charge on any atom is 0.294 e. The van der Waals surface area contributed by atoms with Gasteiger partial charge in [0.15, 0.2) is 5.69 Å². The molecule has 1 N–H and O–H groups in total. The van der Waals surface area contributed by atoms with Gasteiger partial charge < -0.3 is 19.2 Å². The number of aromatic nitrogens is 4. The van der Waals surface area contributed by atoms with Crippen molar-refractivity contribution in [1.29, 1.82) is 0 Å². The van der Waals surface area contributed by atoms with Crippen LogP contribution in [0.25, 0.3) is 5.69 Å².